The lowest BCUT2D eigenvalue weighted by atomic mass is 10.2. The predicted octanol–water partition coefficient (Wildman–Crippen LogP) is 3.17. The van der Waals surface area contributed by atoms with Crippen molar-refractivity contribution in [1.29, 1.82) is 0 Å². The van der Waals surface area contributed by atoms with E-state index in [1.165, 1.54) is 0 Å². The Morgan fingerprint density at radius 1 is 1.56 bits per heavy atom. The van der Waals surface area contributed by atoms with Crippen LogP contribution in [0.2, 0.25) is 0 Å². The molecule has 0 atom stereocenters. The minimum absolute atomic E-state index is 0.122. The molecule has 98 valence electrons. The van der Waals surface area contributed by atoms with Crippen LogP contribution in [0, 0.1) is 0 Å². The van der Waals surface area contributed by atoms with Crippen LogP contribution in [0.15, 0.2) is 26.2 Å². The lowest BCUT2D eigenvalue weighted by Gasteiger charge is -2.11. The van der Waals surface area contributed by atoms with Gasteiger partial charge in [-0.15, -0.1) is 0 Å². The van der Waals surface area contributed by atoms with E-state index in [1.807, 2.05) is 12.1 Å². The maximum atomic E-state index is 5.68. The smallest absolute Gasteiger partial charge is 0.184 e. The van der Waals surface area contributed by atoms with E-state index in [4.69, 9.17) is 10.5 Å². The minimum Gasteiger partial charge on any atom is -0.492 e. The summed E-state index contributed by atoms with van der Waals surface area (Å²) in [6.45, 7) is 2.69. The molecule has 0 bridgehead atoms. The molecule has 4 nitrogen and oxygen atoms in total. The minimum atomic E-state index is 0.122. The number of nitrogens with zero attached hydrogens (tertiary/aromatic N) is 1. The zero-order valence-corrected chi connectivity index (χ0v) is 13.7. The molecule has 0 spiro atoms. The molecule has 1 aromatic rings. The zero-order chi connectivity index (χ0) is 13.5. The average molecular weight is 395 g/mol. The zero-order valence-electron chi connectivity index (χ0n) is 9.74. The molecule has 0 aliphatic rings. The molecule has 0 radical (unpaired) electrons. The van der Waals surface area contributed by atoms with Crippen molar-refractivity contribution in [2.45, 2.75) is 13.3 Å². The lowest BCUT2D eigenvalue weighted by molar-refractivity contribution is 0.315. The fraction of sp³-hybridized carbons (Fsp3) is 0.273. The Kier molecular flexibility index (Phi) is 6.59. The first kappa shape index (κ1) is 15.4. The highest BCUT2D eigenvalue weighted by molar-refractivity contribution is 9.11. The van der Waals surface area contributed by atoms with E-state index in [2.05, 4.69) is 61.5 Å². The fourth-order valence-corrected chi connectivity index (χ4v) is 2.62. The molecule has 0 heterocycles. The summed E-state index contributed by atoms with van der Waals surface area (Å²) in [5.41, 5.74) is 8.63. The van der Waals surface area contributed by atoms with Crippen molar-refractivity contribution >= 4 is 55.4 Å². The second-order valence-corrected chi connectivity index (χ2v) is 5.60. The molecule has 3 N–H and O–H groups in total. The number of nitrogens with one attached hydrogen (secondary N) is 1. The summed E-state index contributed by atoms with van der Waals surface area (Å²) in [6.07, 6.45) is 2.55. The standard InChI is InChI=1S/C11H13Br2N3OS/c1-2-3-17-10-7(6-15-16-11(14)18)4-8(12)5-9(10)13/h4-6H,2-3H2,1H3,(H3,14,16,18)/b15-6+. The summed E-state index contributed by atoms with van der Waals surface area (Å²) in [7, 11) is 0. The van der Waals surface area contributed by atoms with E-state index >= 15 is 0 Å². The maximum absolute atomic E-state index is 5.68. The third-order valence-electron chi connectivity index (χ3n) is 1.87. The quantitative estimate of drug-likeness (QED) is 0.457. The normalized spacial score (nSPS) is 10.6. The SMILES string of the molecule is CCCOc1c(Br)cc(Br)cc1/C=N/NC(N)=S. The Labute approximate surface area is 128 Å². The number of thiocarbonyl (C=S) groups is 1. The van der Waals surface area contributed by atoms with Crippen LogP contribution in [0.3, 0.4) is 0 Å². The van der Waals surface area contributed by atoms with Gasteiger partial charge in [-0.1, -0.05) is 22.9 Å². The van der Waals surface area contributed by atoms with E-state index < -0.39 is 0 Å². The Morgan fingerprint density at radius 2 is 2.28 bits per heavy atom. The third kappa shape index (κ3) is 4.91. The maximum Gasteiger partial charge on any atom is 0.184 e. The van der Waals surface area contributed by atoms with Gasteiger partial charge in [-0.25, -0.2) is 0 Å². The molecule has 0 aliphatic heterocycles. The van der Waals surface area contributed by atoms with Gasteiger partial charge in [0.05, 0.1) is 17.3 Å². The number of hydrogen-bond acceptors (Lipinski definition) is 3. The van der Waals surface area contributed by atoms with Crippen LogP contribution in [-0.2, 0) is 0 Å². The van der Waals surface area contributed by atoms with Crippen LogP contribution >= 0.6 is 44.1 Å². The monoisotopic (exact) mass is 393 g/mol. The van der Waals surface area contributed by atoms with Gasteiger partial charge < -0.3 is 10.5 Å². The van der Waals surface area contributed by atoms with E-state index in [0.29, 0.717) is 6.61 Å². The molecule has 7 heteroatoms. The Hall–Kier alpha value is -0.660. The number of benzene rings is 1. The summed E-state index contributed by atoms with van der Waals surface area (Å²) >= 11 is 11.5. The lowest BCUT2D eigenvalue weighted by Crippen LogP contribution is -2.24. The number of ether oxygens (including phenoxy) is 1. The van der Waals surface area contributed by atoms with Crippen LogP contribution in [-0.4, -0.2) is 17.9 Å². The Bertz CT molecular complexity index is 466. The van der Waals surface area contributed by atoms with Crippen molar-refractivity contribution in [3.05, 3.63) is 26.6 Å². The van der Waals surface area contributed by atoms with Crippen molar-refractivity contribution in [3.8, 4) is 5.75 Å². The molecular weight excluding hydrogens is 382 g/mol. The van der Waals surface area contributed by atoms with Crippen LogP contribution in [0.5, 0.6) is 5.75 Å². The van der Waals surface area contributed by atoms with E-state index in [1.54, 1.807) is 6.21 Å². The van der Waals surface area contributed by atoms with Gasteiger partial charge in [-0.3, -0.25) is 5.43 Å². The topological polar surface area (TPSA) is 59.6 Å². The summed E-state index contributed by atoms with van der Waals surface area (Å²) in [5.74, 6) is 0.744. The first-order valence-electron chi connectivity index (χ1n) is 5.25. The summed E-state index contributed by atoms with van der Waals surface area (Å²) in [6, 6.07) is 3.82. The summed E-state index contributed by atoms with van der Waals surface area (Å²) < 4.78 is 7.47. The molecule has 0 fully saturated rings. The van der Waals surface area contributed by atoms with Gasteiger partial charge >= 0.3 is 0 Å². The van der Waals surface area contributed by atoms with Gasteiger partial charge in [-0.2, -0.15) is 5.10 Å². The second-order valence-electron chi connectivity index (χ2n) is 3.39. The first-order chi connectivity index (χ1) is 8.54. The van der Waals surface area contributed by atoms with Crippen LogP contribution < -0.4 is 15.9 Å². The van der Waals surface area contributed by atoms with Gasteiger partial charge in [0.2, 0.25) is 0 Å². The molecule has 1 rings (SSSR count). The fourth-order valence-electron chi connectivity index (χ4n) is 1.20. The molecule has 0 unspecified atom stereocenters. The number of nitrogens with two attached hydrogens (primary N) is 1. The van der Waals surface area contributed by atoms with Gasteiger partial charge in [-0.05, 0) is 46.7 Å². The number of hydrogen-bond donors (Lipinski definition) is 2. The third-order valence-corrected chi connectivity index (χ3v) is 3.00. The van der Waals surface area contributed by atoms with E-state index in [0.717, 1.165) is 26.7 Å². The van der Waals surface area contributed by atoms with Crippen molar-refractivity contribution in [1.82, 2.24) is 5.43 Å². The molecule has 0 saturated carbocycles. The van der Waals surface area contributed by atoms with Gasteiger partial charge in [0.15, 0.2) is 5.11 Å². The molecule has 0 aromatic heterocycles. The van der Waals surface area contributed by atoms with Crippen molar-refractivity contribution in [2.75, 3.05) is 6.61 Å². The highest BCUT2D eigenvalue weighted by Crippen LogP contribution is 2.32. The first-order valence-corrected chi connectivity index (χ1v) is 7.24. The second kappa shape index (κ2) is 7.70. The molecular formula is C11H13Br2N3OS. The molecule has 0 amide bonds. The highest BCUT2D eigenvalue weighted by Gasteiger charge is 2.08. The Balaban J connectivity index is 2.99. The highest BCUT2D eigenvalue weighted by atomic mass is 79.9. The summed E-state index contributed by atoms with van der Waals surface area (Å²) in [4.78, 5) is 0. The number of rotatable bonds is 5. The average Bonchev–Trinajstić information content (AvgIpc) is 2.27. The van der Waals surface area contributed by atoms with Crippen LogP contribution in [0.4, 0.5) is 0 Å². The van der Waals surface area contributed by atoms with Crippen molar-refractivity contribution < 1.29 is 4.74 Å². The van der Waals surface area contributed by atoms with Crippen molar-refractivity contribution in [3.63, 3.8) is 0 Å². The molecule has 1 aromatic carbocycles. The van der Waals surface area contributed by atoms with Gasteiger partial charge in [0.1, 0.15) is 5.75 Å². The van der Waals surface area contributed by atoms with Gasteiger partial charge in [0.25, 0.3) is 0 Å². The number of halogens is 2. The molecule has 18 heavy (non-hydrogen) atoms. The van der Waals surface area contributed by atoms with Crippen LogP contribution in [0.1, 0.15) is 18.9 Å². The van der Waals surface area contributed by atoms with Crippen LogP contribution in [0.25, 0.3) is 0 Å². The summed E-state index contributed by atoms with van der Waals surface area (Å²) in [5, 5.41) is 4.05. The van der Waals surface area contributed by atoms with E-state index in [9.17, 15) is 0 Å². The predicted molar refractivity (Wildman–Crippen MR) is 85.1 cm³/mol. The molecule has 0 saturated heterocycles. The van der Waals surface area contributed by atoms with E-state index in [-0.39, 0.29) is 5.11 Å². The van der Waals surface area contributed by atoms with Gasteiger partial charge in [0, 0.05) is 10.0 Å². The van der Waals surface area contributed by atoms with Crippen molar-refractivity contribution in [2.24, 2.45) is 10.8 Å². The largest absolute Gasteiger partial charge is 0.492 e. The molecule has 0 aliphatic carbocycles. The Morgan fingerprint density at radius 3 is 2.89 bits per heavy atom. The number of hydrazone groups is 1.